The highest BCUT2D eigenvalue weighted by Crippen LogP contribution is 2.36. The molecule has 2 aliphatic rings. The lowest BCUT2D eigenvalue weighted by Gasteiger charge is -2.48. The monoisotopic (exact) mass is 461 g/mol. The summed E-state index contributed by atoms with van der Waals surface area (Å²) in [6.07, 6.45) is 7.56. The van der Waals surface area contributed by atoms with Crippen molar-refractivity contribution in [2.24, 2.45) is 11.3 Å². The molecule has 2 atom stereocenters. The number of likely N-dealkylation sites (tertiary alicyclic amines) is 1. The summed E-state index contributed by atoms with van der Waals surface area (Å²) < 4.78 is 14.4. The zero-order chi connectivity index (χ0) is 23.8. The number of allylic oxidation sites excluding steroid dienone is 3. The van der Waals surface area contributed by atoms with Gasteiger partial charge in [-0.1, -0.05) is 73.7 Å². The molecule has 2 aromatic carbocycles. The fourth-order valence-electron chi connectivity index (χ4n) is 5.46. The molecule has 4 heteroatoms. The van der Waals surface area contributed by atoms with Crippen LogP contribution in [-0.4, -0.2) is 49.6 Å². The Balaban J connectivity index is 1.42. The van der Waals surface area contributed by atoms with Gasteiger partial charge >= 0.3 is 0 Å². The number of hydrogen-bond donors (Lipinski definition) is 1. The quantitative estimate of drug-likeness (QED) is 0.482. The van der Waals surface area contributed by atoms with E-state index in [1.807, 2.05) is 6.08 Å². The number of nitrogens with zero attached hydrogens (tertiary/aromatic N) is 2. The SMILES string of the molecule is CN(Cc1ccccc1)CC1CCN(CCc2ccccc2)CC1(C)CNC1=C(F)CCC=C1. The van der Waals surface area contributed by atoms with E-state index >= 15 is 0 Å². The van der Waals surface area contributed by atoms with Crippen LogP contribution in [0.5, 0.6) is 0 Å². The highest BCUT2D eigenvalue weighted by Gasteiger charge is 2.40. The second-order valence-electron chi connectivity index (χ2n) is 10.4. The van der Waals surface area contributed by atoms with Crippen LogP contribution >= 0.6 is 0 Å². The third kappa shape index (κ3) is 6.80. The number of piperidine rings is 1. The fraction of sp³-hybridized carbons (Fsp3) is 0.467. The molecule has 1 N–H and O–H groups in total. The van der Waals surface area contributed by atoms with Crippen LogP contribution < -0.4 is 5.32 Å². The van der Waals surface area contributed by atoms with Crippen molar-refractivity contribution in [3.05, 3.63) is 95.5 Å². The van der Waals surface area contributed by atoms with Crippen LogP contribution in [-0.2, 0) is 13.0 Å². The lowest BCUT2D eigenvalue weighted by molar-refractivity contribution is 0.0248. The molecule has 1 aliphatic heterocycles. The molecule has 1 aliphatic carbocycles. The van der Waals surface area contributed by atoms with E-state index in [0.29, 0.717) is 18.0 Å². The molecule has 0 radical (unpaired) electrons. The molecule has 0 bridgehead atoms. The fourth-order valence-corrected chi connectivity index (χ4v) is 5.46. The summed E-state index contributed by atoms with van der Waals surface area (Å²) in [6.45, 7) is 8.45. The molecule has 0 saturated carbocycles. The molecule has 1 fully saturated rings. The van der Waals surface area contributed by atoms with Gasteiger partial charge in [0.15, 0.2) is 0 Å². The van der Waals surface area contributed by atoms with E-state index < -0.39 is 0 Å². The van der Waals surface area contributed by atoms with Crippen molar-refractivity contribution in [3.63, 3.8) is 0 Å². The predicted molar refractivity (Wildman–Crippen MR) is 140 cm³/mol. The van der Waals surface area contributed by atoms with Gasteiger partial charge in [-0.05, 0) is 56.0 Å². The third-order valence-electron chi connectivity index (χ3n) is 7.54. The van der Waals surface area contributed by atoms with Gasteiger partial charge in [-0.15, -0.1) is 0 Å². The molecular formula is C30H40FN3. The van der Waals surface area contributed by atoms with Gasteiger partial charge in [0.25, 0.3) is 0 Å². The Morgan fingerprint density at radius 1 is 1.06 bits per heavy atom. The van der Waals surface area contributed by atoms with Crippen molar-refractivity contribution in [1.29, 1.82) is 0 Å². The maximum atomic E-state index is 14.4. The Morgan fingerprint density at radius 3 is 2.47 bits per heavy atom. The van der Waals surface area contributed by atoms with Crippen molar-refractivity contribution < 1.29 is 4.39 Å². The number of rotatable bonds is 10. The molecule has 2 aromatic rings. The minimum Gasteiger partial charge on any atom is -0.382 e. The first kappa shape index (κ1) is 24.7. The van der Waals surface area contributed by atoms with Gasteiger partial charge in [-0.2, -0.15) is 0 Å². The average molecular weight is 462 g/mol. The standard InChI is InChI=1S/C30H40FN3/c1-30(23-32-29-16-10-9-15-28(29)31)24-34(19-17-25-11-5-3-6-12-25)20-18-27(30)22-33(2)21-26-13-7-4-8-14-26/h3-8,10-14,16,27,32H,9,15,17-24H2,1-2H3. The van der Waals surface area contributed by atoms with E-state index in [9.17, 15) is 4.39 Å². The lowest BCUT2D eigenvalue weighted by Crippen LogP contribution is -2.54. The number of benzene rings is 2. The molecule has 0 amide bonds. The van der Waals surface area contributed by atoms with Crippen LogP contribution in [0.3, 0.4) is 0 Å². The van der Waals surface area contributed by atoms with Crippen molar-refractivity contribution >= 4 is 0 Å². The average Bonchev–Trinajstić information content (AvgIpc) is 2.85. The molecule has 182 valence electrons. The Bertz CT molecular complexity index is 956. The first-order valence-corrected chi connectivity index (χ1v) is 12.8. The summed E-state index contributed by atoms with van der Waals surface area (Å²) in [6, 6.07) is 21.5. The molecule has 34 heavy (non-hydrogen) atoms. The van der Waals surface area contributed by atoms with Crippen LogP contribution in [0.2, 0.25) is 0 Å². The van der Waals surface area contributed by atoms with Gasteiger partial charge in [-0.3, -0.25) is 0 Å². The topological polar surface area (TPSA) is 18.5 Å². The first-order valence-electron chi connectivity index (χ1n) is 12.8. The van der Waals surface area contributed by atoms with E-state index in [2.05, 4.69) is 95.8 Å². The van der Waals surface area contributed by atoms with Crippen LogP contribution in [0, 0.1) is 11.3 Å². The summed E-state index contributed by atoms with van der Waals surface area (Å²) in [4.78, 5) is 5.07. The summed E-state index contributed by atoms with van der Waals surface area (Å²) in [5.41, 5.74) is 3.50. The number of hydrogen-bond acceptors (Lipinski definition) is 3. The molecule has 3 nitrogen and oxygen atoms in total. The van der Waals surface area contributed by atoms with Gasteiger partial charge in [0.1, 0.15) is 5.83 Å². The summed E-state index contributed by atoms with van der Waals surface area (Å²) in [5.74, 6) is 0.554. The summed E-state index contributed by atoms with van der Waals surface area (Å²) >= 11 is 0. The van der Waals surface area contributed by atoms with E-state index in [4.69, 9.17) is 0 Å². The van der Waals surface area contributed by atoms with Gasteiger partial charge in [-0.25, -0.2) is 4.39 Å². The molecule has 2 unspecified atom stereocenters. The Hall–Kier alpha value is -2.43. The Labute approximate surface area is 205 Å². The van der Waals surface area contributed by atoms with Crippen molar-refractivity contribution in [2.75, 3.05) is 39.8 Å². The minimum absolute atomic E-state index is 0.000545. The van der Waals surface area contributed by atoms with Crippen LogP contribution in [0.15, 0.2) is 84.3 Å². The molecule has 1 saturated heterocycles. The maximum absolute atomic E-state index is 14.4. The van der Waals surface area contributed by atoms with Crippen molar-refractivity contribution in [3.8, 4) is 0 Å². The third-order valence-corrected chi connectivity index (χ3v) is 7.54. The minimum atomic E-state index is 0.000545. The van der Waals surface area contributed by atoms with Gasteiger partial charge < -0.3 is 15.1 Å². The summed E-state index contributed by atoms with van der Waals surface area (Å²) in [5, 5.41) is 3.50. The van der Waals surface area contributed by atoms with Crippen LogP contribution in [0.25, 0.3) is 0 Å². The molecule has 1 heterocycles. The molecule has 0 aromatic heterocycles. The lowest BCUT2D eigenvalue weighted by atomic mass is 9.71. The van der Waals surface area contributed by atoms with Gasteiger partial charge in [0, 0.05) is 44.6 Å². The number of nitrogens with one attached hydrogen (secondary N) is 1. The van der Waals surface area contributed by atoms with E-state index in [1.165, 1.54) is 17.5 Å². The molecule has 0 spiro atoms. The molecular weight excluding hydrogens is 421 g/mol. The Morgan fingerprint density at radius 2 is 1.76 bits per heavy atom. The summed E-state index contributed by atoms with van der Waals surface area (Å²) in [7, 11) is 2.23. The second-order valence-corrected chi connectivity index (χ2v) is 10.4. The second kappa shape index (κ2) is 11.8. The highest BCUT2D eigenvalue weighted by atomic mass is 19.1. The first-order chi connectivity index (χ1) is 16.5. The van der Waals surface area contributed by atoms with E-state index in [0.717, 1.165) is 52.1 Å². The maximum Gasteiger partial charge on any atom is 0.123 e. The van der Waals surface area contributed by atoms with E-state index in [1.54, 1.807) is 0 Å². The largest absolute Gasteiger partial charge is 0.382 e. The molecule has 4 rings (SSSR count). The zero-order valence-corrected chi connectivity index (χ0v) is 20.8. The number of halogens is 1. The van der Waals surface area contributed by atoms with E-state index in [-0.39, 0.29) is 11.2 Å². The normalized spacial score (nSPS) is 23.5. The van der Waals surface area contributed by atoms with Crippen LogP contribution in [0.4, 0.5) is 4.39 Å². The Kier molecular flexibility index (Phi) is 8.58. The van der Waals surface area contributed by atoms with Crippen molar-refractivity contribution in [1.82, 2.24) is 15.1 Å². The van der Waals surface area contributed by atoms with Gasteiger partial charge in [0.2, 0.25) is 0 Å². The van der Waals surface area contributed by atoms with Gasteiger partial charge in [0.05, 0.1) is 5.70 Å². The predicted octanol–water partition coefficient (Wildman–Crippen LogP) is 5.81. The van der Waals surface area contributed by atoms with Crippen LogP contribution in [0.1, 0.15) is 37.3 Å². The zero-order valence-electron chi connectivity index (χ0n) is 20.8. The highest BCUT2D eigenvalue weighted by molar-refractivity contribution is 5.24. The van der Waals surface area contributed by atoms with Crippen molar-refractivity contribution in [2.45, 2.75) is 39.2 Å². The smallest absolute Gasteiger partial charge is 0.123 e.